The molecule has 2 rings (SSSR count). The number of nitrogens with zero attached hydrogens (tertiary/aromatic N) is 2. The number of nitrogens with two attached hydrogens (primary N) is 1. The third kappa shape index (κ3) is 2.75. The highest BCUT2D eigenvalue weighted by molar-refractivity contribution is 7.17. The first kappa shape index (κ1) is 13.9. The molecule has 20 heavy (non-hydrogen) atoms. The predicted octanol–water partition coefficient (Wildman–Crippen LogP) is 2.50. The summed E-state index contributed by atoms with van der Waals surface area (Å²) in [5.41, 5.74) is 6.78. The number of hydrogen-bond acceptors (Lipinski definition) is 6. The van der Waals surface area contributed by atoms with Gasteiger partial charge in [-0.15, -0.1) is 0 Å². The van der Waals surface area contributed by atoms with E-state index in [2.05, 4.69) is 10.3 Å². The van der Waals surface area contributed by atoms with E-state index in [0.29, 0.717) is 10.6 Å². The fourth-order valence-corrected chi connectivity index (χ4v) is 2.43. The zero-order valence-corrected chi connectivity index (χ0v) is 11.7. The number of nitro benzene ring substituents is 1. The van der Waals surface area contributed by atoms with Crippen LogP contribution >= 0.6 is 11.3 Å². The van der Waals surface area contributed by atoms with Gasteiger partial charge >= 0.3 is 0 Å². The van der Waals surface area contributed by atoms with Crippen molar-refractivity contribution in [3.8, 4) is 0 Å². The normalized spacial score (nSPS) is 10.3. The molecular formula is C12H12N4O3S. The molecule has 0 aliphatic heterocycles. The van der Waals surface area contributed by atoms with Crippen LogP contribution in [0, 0.1) is 24.0 Å². The van der Waals surface area contributed by atoms with Crippen molar-refractivity contribution in [3.05, 3.63) is 44.4 Å². The number of nitrogen functional groups attached to an aromatic ring is 1. The van der Waals surface area contributed by atoms with Crippen LogP contribution in [0.1, 0.15) is 20.9 Å². The van der Waals surface area contributed by atoms with Crippen molar-refractivity contribution < 1.29 is 9.72 Å². The molecule has 0 spiro atoms. The molecule has 0 radical (unpaired) electrons. The number of carbonyl (C=O) groups is 1. The molecule has 0 fully saturated rings. The molecule has 0 aliphatic rings. The van der Waals surface area contributed by atoms with E-state index in [4.69, 9.17) is 5.73 Å². The second-order valence-corrected chi connectivity index (χ2v) is 5.23. The maximum absolute atomic E-state index is 12.1. The van der Waals surface area contributed by atoms with Gasteiger partial charge in [0.2, 0.25) is 0 Å². The number of rotatable bonds is 3. The molecule has 0 bridgehead atoms. The summed E-state index contributed by atoms with van der Waals surface area (Å²) >= 11 is 1.04. The predicted molar refractivity (Wildman–Crippen MR) is 77.0 cm³/mol. The van der Waals surface area contributed by atoms with Gasteiger partial charge in [-0.1, -0.05) is 17.4 Å². The Balaban J connectivity index is 2.33. The molecule has 0 saturated carbocycles. The van der Waals surface area contributed by atoms with E-state index < -0.39 is 10.8 Å². The quantitative estimate of drug-likeness (QED) is 0.667. The number of hydrogen-bond donors (Lipinski definition) is 2. The Labute approximate surface area is 118 Å². The molecule has 0 aliphatic carbocycles. The van der Waals surface area contributed by atoms with Crippen molar-refractivity contribution in [3.63, 3.8) is 0 Å². The van der Waals surface area contributed by atoms with Gasteiger partial charge in [-0.25, -0.2) is 4.98 Å². The Morgan fingerprint density at radius 2 is 2.15 bits per heavy atom. The van der Waals surface area contributed by atoms with E-state index in [0.717, 1.165) is 16.9 Å². The maximum Gasteiger partial charge on any atom is 0.293 e. The minimum absolute atomic E-state index is 0.145. The van der Waals surface area contributed by atoms with Gasteiger partial charge in [0.05, 0.1) is 10.6 Å². The molecule has 1 aromatic carbocycles. The second-order valence-electron chi connectivity index (χ2n) is 4.20. The molecule has 3 N–H and O–H groups in total. The largest absolute Gasteiger partial charge is 0.375 e. The van der Waals surface area contributed by atoms with Gasteiger partial charge in [-0.2, -0.15) is 0 Å². The number of anilines is 2. The zero-order valence-electron chi connectivity index (χ0n) is 10.8. The summed E-state index contributed by atoms with van der Waals surface area (Å²) in [6.45, 7) is 3.40. The molecule has 0 unspecified atom stereocenters. The topological polar surface area (TPSA) is 111 Å². The van der Waals surface area contributed by atoms with Gasteiger partial charge in [0.25, 0.3) is 11.6 Å². The Morgan fingerprint density at radius 1 is 1.45 bits per heavy atom. The van der Waals surface area contributed by atoms with Gasteiger partial charge in [-0.3, -0.25) is 14.9 Å². The lowest BCUT2D eigenvalue weighted by molar-refractivity contribution is -0.384. The van der Waals surface area contributed by atoms with Crippen molar-refractivity contribution in [2.24, 2.45) is 0 Å². The third-order valence-electron chi connectivity index (χ3n) is 2.62. The lowest BCUT2D eigenvalue weighted by atomic mass is 10.2. The van der Waals surface area contributed by atoms with E-state index in [9.17, 15) is 14.9 Å². The first-order chi connectivity index (χ1) is 9.38. The smallest absolute Gasteiger partial charge is 0.293 e. The first-order valence-corrected chi connectivity index (χ1v) is 6.49. The Morgan fingerprint density at radius 3 is 2.70 bits per heavy atom. The highest BCUT2D eigenvalue weighted by Gasteiger charge is 2.19. The average molecular weight is 292 g/mol. The molecule has 8 heteroatoms. The fraction of sp³-hybridized carbons (Fsp3) is 0.167. The van der Waals surface area contributed by atoms with Gasteiger partial charge in [0.15, 0.2) is 5.13 Å². The Kier molecular flexibility index (Phi) is 3.66. The summed E-state index contributed by atoms with van der Waals surface area (Å²) in [7, 11) is 0. The van der Waals surface area contributed by atoms with E-state index in [-0.39, 0.29) is 16.5 Å². The molecule has 2 aromatic rings. The number of aryl methyl sites for hydroxylation is 2. The zero-order chi connectivity index (χ0) is 14.9. The van der Waals surface area contributed by atoms with E-state index in [1.54, 1.807) is 19.9 Å². The van der Waals surface area contributed by atoms with Crippen LogP contribution in [0.15, 0.2) is 18.2 Å². The highest BCUT2D eigenvalue weighted by atomic mass is 32.1. The summed E-state index contributed by atoms with van der Waals surface area (Å²) in [5, 5.41) is 13.8. The van der Waals surface area contributed by atoms with Crippen LogP contribution in [0.25, 0.3) is 0 Å². The van der Waals surface area contributed by atoms with E-state index >= 15 is 0 Å². The molecule has 1 aromatic heterocycles. The fourth-order valence-electron chi connectivity index (χ4n) is 1.71. The van der Waals surface area contributed by atoms with Crippen molar-refractivity contribution in [1.82, 2.24) is 4.98 Å². The molecule has 0 saturated heterocycles. The van der Waals surface area contributed by atoms with Crippen LogP contribution in [0.5, 0.6) is 0 Å². The molecule has 1 heterocycles. The lowest BCUT2D eigenvalue weighted by Crippen LogP contribution is -2.13. The molecule has 104 valence electrons. The van der Waals surface area contributed by atoms with E-state index in [1.807, 2.05) is 0 Å². The summed E-state index contributed by atoms with van der Waals surface area (Å²) in [6.07, 6.45) is 0. The molecule has 0 atom stereocenters. The summed E-state index contributed by atoms with van der Waals surface area (Å²) < 4.78 is 0. The SMILES string of the molecule is Cc1ccc(NC(=O)c2sc(N)nc2C)c([N+](=O)[O-])c1. The van der Waals surface area contributed by atoms with Crippen LogP contribution in [0.2, 0.25) is 0 Å². The summed E-state index contributed by atoms with van der Waals surface area (Å²) in [4.78, 5) is 26.8. The highest BCUT2D eigenvalue weighted by Crippen LogP contribution is 2.27. The molecular weight excluding hydrogens is 280 g/mol. The number of thiazole rings is 1. The second kappa shape index (κ2) is 5.25. The third-order valence-corrected chi connectivity index (χ3v) is 3.60. The summed E-state index contributed by atoms with van der Waals surface area (Å²) in [5.74, 6) is -0.455. The number of aromatic nitrogens is 1. The van der Waals surface area contributed by atoms with Crippen LogP contribution in [-0.2, 0) is 0 Å². The van der Waals surface area contributed by atoms with Crippen molar-refractivity contribution in [2.45, 2.75) is 13.8 Å². The molecule has 7 nitrogen and oxygen atoms in total. The van der Waals surface area contributed by atoms with Crippen molar-refractivity contribution in [1.29, 1.82) is 0 Å². The van der Waals surface area contributed by atoms with E-state index in [1.165, 1.54) is 12.1 Å². The van der Waals surface area contributed by atoms with Crippen LogP contribution in [-0.4, -0.2) is 15.8 Å². The summed E-state index contributed by atoms with van der Waals surface area (Å²) in [6, 6.07) is 4.60. The Hall–Kier alpha value is -2.48. The monoisotopic (exact) mass is 292 g/mol. The number of benzene rings is 1. The number of nitro groups is 1. The number of amides is 1. The van der Waals surface area contributed by atoms with Gasteiger partial charge in [-0.05, 0) is 25.5 Å². The van der Waals surface area contributed by atoms with Gasteiger partial charge in [0, 0.05) is 6.07 Å². The lowest BCUT2D eigenvalue weighted by Gasteiger charge is -2.05. The minimum atomic E-state index is -0.531. The van der Waals surface area contributed by atoms with Crippen LogP contribution in [0.3, 0.4) is 0 Å². The Bertz CT molecular complexity index is 696. The first-order valence-electron chi connectivity index (χ1n) is 5.68. The molecule has 1 amide bonds. The minimum Gasteiger partial charge on any atom is -0.375 e. The van der Waals surface area contributed by atoms with Gasteiger partial charge in [0.1, 0.15) is 10.6 Å². The van der Waals surface area contributed by atoms with Crippen LogP contribution < -0.4 is 11.1 Å². The van der Waals surface area contributed by atoms with Crippen LogP contribution in [0.4, 0.5) is 16.5 Å². The maximum atomic E-state index is 12.1. The number of carbonyl (C=O) groups excluding carboxylic acids is 1. The average Bonchev–Trinajstić information content (AvgIpc) is 2.70. The number of nitrogens with one attached hydrogen (secondary N) is 1. The van der Waals surface area contributed by atoms with Crippen molar-refractivity contribution >= 4 is 33.8 Å². The van der Waals surface area contributed by atoms with Crippen molar-refractivity contribution in [2.75, 3.05) is 11.1 Å². The van der Waals surface area contributed by atoms with Gasteiger partial charge < -0.3 is 11.1 Å². The standard InChI is InChI=1S/C12H12N4O3S/c1-6-3-4-8(9(5-6)16(18)19)15-11(17)10-7(2)14-12(13)20-10/h3-5H,1-2H3,(H2,13,14)(H,15,17).